The Labute approximate surface area is 394 Å². The van der Waals surface area contributed by atoms with Gasteiger partial charge in [-0.15, -0.1) is 21.9 Å². The van der Waals surface area contributed by atoms with E-state index >= 15 is 35.1 Å². The van der Waals surface area contributed by atoms with Gasteiger partial charge in [-0.2, -0.15) is 9.83 Å². The van der Waals surface area contributed by atoms with Gasteiger partial charge in [0.25, 0.3) is 0 Å². The number of aromatic nitrogens is 1. The first-order valence-corrected chi connectivity index (χ1v) is 19.9. The number of nitriles is 1. The van der Waals surface area contributed by atoms with Crippen LogP contribution in [0.1, 0.15) is 15.9 Å². The van der Waals surface area contributed by atoms with Crippen LogP contribution in [-0.2, 0) is 6.54 Å². The van der Waals surface area contributed by atoms with Crippen LogP contribution >= 0.6 is 0 Å². The second-order valence-electron chi connectivity index (χ2n) is 15.1. The summed E-state index contributed by atoms with van der Waals surface area (Å²) in [7, 11) is 0. The number of carbonyl (C=O) groups excluding carboxylic acids is 1. The zero-order chi connectivity index (χ0) is 53.7. The summed E-state index contributed by atoms with van der Waals surface area (Å²) < 4.78 is 302. The molecule has 0 spiro atoms. The lowest BCUT2D eigenvalue weighted by Crippen LogP contribution is -2.81. The van der Waals surface area contributed by atoms with Gasteiger partial charge < -0.3 is 4.74 Å². The molecule has 25 heteroatoms. The fourth-order valence-corrected chi connectivity index (χ4v) is 7.95. The summed E-state index contributed by atoms with van der Waals surface area (Å²) in [5.74, 6) is -70.2. The quantitative estimate of drug-likeness (QED) is 0.0362. The third kappa shape index (κ3) is 8.58. The Hall–Kier alpha value is -8.43. The number of ether oxygens (including phenoxy) is 1. The molecule has 8 aromatic rings. The molecule has 4 nitrogen and oxygen atoms in total. The van der Waals surface area contributed by atoms with E-state index in [4.69, 9.17) is 10.00 Å². The van der Waals surface area contributed by atoms with Crippen LogP contribution in [0.3, 0.4) is 0 Å². The van der Waals surface area contributed by atoms with Crippen LogP contribution in [0.2, 0.25) is 0 Å². The molecule has 7 aromatic carbocycles. The maximum atomic E-state index is 15.4. The molecular weight excluding hydrogens is 1030 g/mol. The predicted molar refractivity (Wildman–Crippen MR) is 215 cm³/mol. The van der Waals surface area contributed by atoms with Crippen molar-refractivity contribution in [3.05, 3.63) is 218 Å². The first kappa shape index (κ1) is 52.4. The van der Waals surface area contributed by atoms with Crippen LogP contribution < -0.4 is 31.2 Å². The minimum atomic E-state index is -7.22. The third-order valence-corrected chi connectivity index (χ3v) is 11.2. The second kappa shape index (κ2) is 20.0. The minimum Gasteiger partial charge on any atom is -0.405 e. The zero-order valence-electron chi connectivity index (χ0n) is 35.2. The molecule has 0 amide bonds. The van der Waals surface area contributed by atoms with Crippen molar-refractivity contribution >= 4 is 44.7 Å². The highest BCUT2D eigenvalue weighted by atomic mass is 19.2. The van der Waals surface area contributed by atoms with Gasteiger partial charge in [0.05, 0.1) is 17.7 Å². The number of nitrogens with zero attached hydrogens (tertiary/aromatic N) is 2. The Morgan fingerprint density at radius 3 is 1.10 bits per heavy atom. The summed E-state index contributed by atoms with van der Waals surface area (Å²) in [6.45, 7) is 0.164. The molecule has 0 aliphatic rings. The van der Waals surface area contributed by atoms with Gasteiger partial charge in [0.2, 0.25) is 17.8 Å². The molecule has 374 valence electrons. The Morgan fingerprint density at radius 1 is 0.411 bits per heavy atom. The summed E-state index contributed by atoms with van der Waals surface area (Å²) in [5, 5.41) is 9.98. The number of halogens is 20. The standard InChI is InChI=1S/C24BF20.C24H17N2O2/c26-5-1(6(27)14(35)21(42)13(5)34)25(2-7(28)15(36)22(43)16(37)8(2)29,3-9(30)17(38)23(44)18(39)10(3)31)4-11(32)19(40)24(45)20(41)12(4)33;25-16-18-10-13-21(14-11-18)28-24-15-12-19-6-4-5-9-22(19)26(24)17-23(27)20-7-2-1-3-8-20/h;1-15H,17H2/q-1;+1. The van der Waals surface area contributed by atoms with Crippen molar-refractivity contribution in [2.24, 2.45) is 0 Å². The van der Waals surface area contributed by atoms with Gasteiger partial charge in [0.15, 0.2) is 69.8 Å². The summed E-state index contributed by atoms with van der Waals surface area (Å²) in [6.07, 6.45) is -7.22. The Balaban J connectivity index is 0.000000237. The van der Waals surface area contributed by atoms with E-state index in [-0.39, 0.29) is 12.3 Å². The number of pyridine rings is 1. The molecule has 0 aliphatic carbocycles. The number of hydrogen-bond acceptors (Lipinski definition) is 3. The molecule has 0 fully saturated rings. The highest BCUT2D eigenvalue weighted by Gasteiger charge is 2.52. The first-order valence-electron chi connectivity index (χ1n) is 19.9. The molecule has 8 rings (SSSR count). The highest BCUT2D eigenvalue weighted by molar-refractivity contribution is 7.20. The average molecular weight is 1040 g/mol. The van der Waals surface area contributed by atoms with Crippen LogP contribution in [0.4, 0.5) is 87.8 Å². The van der Waals surface area contributed by atoms with Gasteiger partial charge in [0, 0.05) is 17.0 Å². The number of rotatable bonds is 9. The number of benzene rings is 7. The molecule has 0 N–H and O–H groups in total. The SMILES string of the molecule is Fc1c(F)c(F)c([B-](c2c(F)c(F)c(F)c(F)c2F)(c2c(F)c(F)c(F)c(F)c2F)c2c(F)c(F)c(F)c(F)c2F)c(F)c1F.N#Cc1ccc(Oc2ccc3ccccc3[n+]2CC(=O)c2ccccc2)cc1. The van der Waals surface area contributed by atoms with Crippen molar-refractivity contribution in [3.63, 3.8) is 0 Å². The Bertz CT molecular complexity index is 3230. The normalized spacial score (nSPS) is 11.4. The topological polar surface area (TPSA) is 54.0 Å². The molecule has 0 aliphatic heterocycles. The van der Waals surface area contributed by atoms with E-state index in [1.54, 1.807) is 24.3 Å². The number of hydrogen-bond donors (Lipinski definition) is 0. The third-order valence-electron chi connectivity index (χ3n) is 11.2. The van der Waals surface area contributed by atoms with Crippen molar-refractivity contribution < 1.29 is 102 Å². The Kier molecular flexibility index (Phi) is 14.4. The first-order chi connectivity index (χ1) is 34.4. The molecule has 1 heterocycles. The van der Waals surface area contributed by atoms with Gasteiger partial charge in [0.1, 0.15) is 58.4 Å². The maximum absolute atomic E-state index is 15.4. The number of para-hydroxylation sites is 1. The number of carbonyl (C=O) groups is 1. The van der Waals surface area contributed by atoms with E-state index in [0.29, 0.717) is 22.8 Å². The van der Waals surface area contributed by atoms with Crippen molar-refractivity contribution in [1.82, 2.24) is 0 Å². The summed E-state index contributed by atoms with van der Waals surface area (Å²) in [6, 6.07) is 29.9. The molecule has 0 saturated carbocycles. The molecule has 0 radical (unpaired) electrons. The van der Waals surface area contributed by atoms with Crippen molar-refractivity contribution in [1.29, 1.82) is 5.26 Å². The lowest BCUT2D eigenvalue weighted by molar-refractivity contribution is -0.661. The predicted octanol–water partition coefficient (Wildman–Crippen LogP) is 10.5. The van der Waals surface area contributed by atoms with Crippen molar-refractivity contribution in [2.75, 3.05) is 0 Å². The van der Waals surface area contributed by atoms with E-state index in [0.717, 1.165) is 10.9 Å². The average Bonchev–Trinajstić information content (AvgIpc) is 3.39. The molecule has 73 heavy (non-hydrogen) atoms. The largest absolute Gasteiger partial charge is 0.405 e. The van der Waals surface area contributed by atoms with Crippen LogP contribution in [0.15, 0.2) is 91.0 Å². The van der Waals surface area contributed by atoms with Gasteiger partial charge >= 0.3 is 5.88 Å². The highest BCUT2D eigenvalue weighted by Crippen LogP contribution is 2.31. The van der Waals surface area contributed by atoms with Crippen molar-refractivity contribution in [3.8, 4) is 17.7 Å². The van der Waals surface area contributed by atoms with Gasteiger partial charge in [-0.05, 0) is 36.4 Å². The molecular formula is C48H17BF20N2O2. The van der Waals surface area contributed by atoms with Gasteiger partial charge in [-0.3, -0.25) is 4.79 Å². The lowest BCUT2D eigenvalue weighted by atomic mass is 9.12. The van der Waals surface area contributed by atoms with E-state index in [9.17, 15) is 57.5 Å². The van der Waals surface area contributed by atoms with Crippen LogP contribution in [-0.4, -0.2) is 11.9 Å². The number of fused-ring (bicyclic) bond motifs is 1. The fraction of sp³-hybridized carbons (Fsp3) is 0.0208. The van der Waals surface area contributed by atoms with Crippen molar-refractivity contribution in [2.45, 2.75) is 6.54 Å². The fourth-order valence-electron chi connectivity index (χ4n) is 7.95. The van der Waals surface area contributed by atoms with Crippen LogP contribution in [0.25, 0.3) is 10.9 Å². The monoisotopic (exact) mass is 1040 g/mol. The Morgan fingerprint density at radius 2 is 0.740 bits per heavy atom. The van der Waals surface area contributed by atoms with Crippen LogP contribution in [0, 0.1) is 128 Å². The zero-order valence-corrected chi connectivity index (χ0v) is 35.2. The van der Waals surface area contributed by atoms with E-state index in [1.807, 2.05) is 71.3 Å². The second-order valence-corrected chi connectivity index (χ2v) is 15.1. The van der Waals surface area contributed by atoms with E-state index < -0.39 is 144 Å². The van der Waals surface area contributed by atoms with Gasteiger partial charge in [-0.25, -0.2) is 87.8 Å². The molecule has 1 aromatic heterocycles. The smallest absolute Gasteiger partial charge is 0.374 e. The van der Waals surface area contributed by atoms with Crippen LogP contribution in [0.5, 0.6) is 11.6 Å². The molecule has 0 atom stereocenters. The van der Waals surface area contributed by atoms with E-state index in [1.165, 1.54) is 0 Å². The summed E-state index contributed by atoms with van der Waals surface area (Å²) in [4.78, 5) is 12.8. The lowest BCUT2D eigenvalue weighted by Gasteiger charge is -2.44. The summed E-state index contributed by atoms with van der Waals surface area (Å²) >= 11 is 0. The van der Waals surface area contributed by atoms with E-state index in [2.05, 4.69) is 6.07 Å². The molecule has 0 unspecified atom stereocenters. The number of ketones is 1. The molecule has 0 bridgehead atoms. The number of Topliss-reactive ketones (excluding diaryl/α,β-unsaturated/α-hetero) is 1. The van der Waals surface area contributed by atoms with Gasteiger partial charge in [-0.1, -0.05) is 42.5 Å². The summed E-state index contributed by atoms with van der Waals surface area (Å²) in [5.41, 5.74) is -12.2. The maximum Gasteiger partial charge on any atom is 0.374 e. The minimum absolute atomic E-state index is 0.00614. The molecule has 0 saturated heterocycles.